The Morgan fingerprint density at radius 2 is 1.68 bits per heavy atom. The first-order valence-corrected chi connectivity index (χ1v) is 7.48. The van der Waals surface area contributed by atoms with Gasteiger partial charge in [-0.3, -0.25) is 4.90 Å². The smallest absolute Gasteiger partial charge is 0.0479 e. The van der Waals surface area contributed by atoms with Gasteiger partial charge >= 0.3 is 0 Å². The lowest BCUT2D eigenvalue weighted by molar-refractivity contribution is 0.0844. The van der Waals surface area contributed by atoms with Crippen LogP contribution in [0.5, 0.6) is 0 Å². The van der Waals surface area contributed by atoms with Gasteiger partial charge in [0.2, 0.25) is 0 Å². The third kappa shape index (κ3) is 3.18. The van der Waals surface area contributed by atoms with Crippen molar-refractivity contribution >= 4 is 0 Å². The molecule has 1 aromatic carbocycles. The quantitative estimate of drug-likeness (QED) is 0.844. The molecule has 108 valence electrons. The monoisotopic (exact) mass is 262 g/mol. The van der Waals surface area contributed by atoms with E-state index in [4.69, 9.17) is 5.73 Å². The van der Waals surface area contributed by atoms with Crippen molar-refractivity contribution in [2.75, 3.05) is 13.1 Å². The average molecular weight is 262 g/mol. The summed E-state index contributed by atoms with van der Waals surface area (Å²) >= 11 is 0. The summed E-state index contributed by atoms with van der Waals surface area (Å²) in [6, 6.07) is 6.67. The third-order valence-corrected chi connectivity index (χ3v) is 4.76. The number of hydrogen-bond donors (Lipinski definition) is 1. The van der Waals surface area contributed by atoms with Crippen LogP contribution in [0, 0.1) is 13.8 Å². The maximum absolute atomic E-state index is 6.61. The maximum Gasteiger partial charge on any atom is 0.0479 e. The van der Waals surface area contributed by atoms with Gasteiger partial charge in [0.1, 0.15) is 0 Å². The van der Waals surface area contributed by atoms with E-state index in [1.54, 1.807) is 0 Å². The van der Waals surface area contributed by atoms with Gasteiger partial charge in [-0.25, -0.2) is 0 Å². The zero-order chi connectivity index (χ0) is 14.6. The Labute approximate surface area is 119 Å². The van der Waals surface area contributed by atoms with Crippen LogP contribution in [0.4, 0.5) is 0 Å². The lowest BCUT2D eigenvalue weighted by Gasteiger charge is -2.44. The van der Waals surface area contributed by atoms with Gasteiger partial charge in [0.05, 0.1) is 0 Å². The fourth-order valence-corrected chi connectivity index (χ4v) is 2.90. The average Bonchev–Trinajstić information content (AvgIpc) is 2.42. The van der Waals surface area contributed by atoms with E-state index in [9.17, 15) is 0 Å². The molecular formula is C17H30N2. The molecule has 0 saturated heterocycles. The van der Waals surface area contributed by atoms with Crippen LogP contribution >= 0.6 is 0 Å². The van der Waals surface area contributed by atoms with Crippen LogP contribution in [0.15, 0.2) is 18.2 Å². The number of nitrogens with two attached hydrogens (primary N) is 1. The van der Waals surface area contributed by atoms with Crippen molar-refractivity contribution in [2.45, 2.75) is 59.5 Å². The molecule has 0 spiro atoms. The van der Waals surface area contributed by atoms with Gasteiger partial charge in [-0.2, -0.15) is 0 Å². The number of likely N-dealkylation sites (N-methyl/N-ethyl adjacent to an activating group) is 1. The molecule has 0 radical (unpaired) electrons. The number of rotatable bonds is 6. The Bertz CT molecular complexity index is 410. The van der Waals surface area contributed by atoms with Crippen molar-refractivity contribution in [2.24, 2.45) is 5.73 Å². The van der Waals surface area contributed by atoms with Crippen LogP contribution in [0.3, 0.4) is 0 Å². The molecule has 0 heterocycles. The summed E-state index contributed by atoms with van der Waals surface area (Å²) in [7, 11) is 0. The first-order valence-electron chi connectivity index (χ1n) is 7.48. The summed E-state index contributed by atoms with van der Waals surface area (Å²) in [6.45, 7) is 15.3. The van der Waals surface area contributed by atoms with E-state index in [0.29, 0.717) is 0 Å². The molecule has 19 heavy (non-hydrogen) atoms. The largest absolute Gasteiger partial charge is 0.322 e. The number of aryl methyl sites for hydroxylation is 2. The Morgan fingerprint density at radius 1 is 1.11 bits per heavy atom. The molecule has 2 atom stereocenters. The predicted octanol–water partition coefficient (Wildman–Crippen LogP) is 3.81. The molecular weight excluding hydrogens is 232 g/mol. The summed E-state index contributed by atoms with van der Waals surface area (Å²) in [6.07, 6.45) is 1.06. The molecule has 1 rings (SSSR count). The topological polar surface area (TPSA) is 29.3 Å². The molecule has 2 nitrogen and oxygen atoms in total. The number of nitrogens with zero attached hydrogens (tertiary/aromatic N) is 1. The van der Waals surface area contributed by atoms with Crippen molar-refractivity contribution in [1.82, 2.24) is 4.90 Å². The summed E-state index contributed by atoms with van der Waals surface area (Å²) < 4.78 is 0. The highest BCUT2D eigenvalue weighted by Crippen LogP contribution is 2.32. The zero-order valence-electron chi connectivity index (χ0n) is 13.5. The molecule has 0 aliphatic heterocycles. The van der Waals surface area contributed by atoms with Crippen molar-refractivity contribution in [1.29, 1.82) is 0 Å². The van der Waals surface area contributed by atoms with Crippen LogP contribution in [0.2, 0.25) is 0 Å². The molecule has 0 aliphatic rings. The highest BCUT2D eigenvalue weighted by Gasteiger charge is 2.35. The molecule has 0 saturated carbocycles. The van der Waals surface area contributed by atoms with Crippen molar-refractivity contribution < 1.29 is 0 Å². The van der Waals surface area contributed by atoms with Gasteiger partial charge in [0, 0.05) is 11.6 Å². The SMILES string of the molecule is CCN(CC)C(C)(CC)C(N)c1ccc(C)c(C)c1. The highest BCUT2D eigenvalue weighted by molar-refractivity contribution is 5.33. The Hall–Kier alpha value is -0.860. The zero-order valence-corrected chi connectivity index (χ0v) is 13.5. The van der Waals surface area contributed by atoms with E-state index in [1.165, 1.54) is 16.7 Å². The van der Waals surface area contributed by atoms with E-state index >= 15 is 0 Å². The van der Waals surface area contributed by atoms with Gasteiger partial charge < -0.3 is 5.73 Å². The van der Waals surface area contributed by atoms with Crippen molar-refractivity contribution in [3.63, 3.8) is 0 Å². The van der Waals surface area contributed by atoms with Crippen molar-refractivity contribution in [3.05, 3.63) is 34.9 Å². The normalized spacial score (nSPS) is 16.4. The molecule has 0 bridgehead atoms. The molecule has 0 aliphatic carbocycles. The van der Waals surface area contributed by atoms with Crippen LogP contribution < -0.4 is 5.73 Å². The fraction of sp³-hybridized carbons (Fsp3) is 0.647. The lowest BCUT2D eigenvalue weighted by atomic mass is 9.82. The lowest BCUT2D eigenvalue weighted by Crippen LogP contribution is -2.53. The maximum atomic E-state index is 6.61. The van der Waals surface area contributed by atoms with E-state index < -0.39 is 0 Å². The highest BCUT2D eigenvalue weighted by atomic mass is 15.2. The van der Waals surface area contributed by atoms with Crippen LogP contribution in [-0.4, -0.2) is 23.5 Å². The van der Waals surface area contributed by atoms with Gasteiger partial charge in [-0.15, -0.1) is 0 Å². The van der Waals surface area contributed by atoms with E-state index in [1.807, 2.05) is 0 Å². The summed E-state index contributed by atoms with van der Waals surface area (Å²) in [5.74, 6) is 0. The first kappa shape index (κ1) is 16.2. The third-order valence-electron chi connectivity index (χ3n) is 4.76. The summed E-state index contributed by atoms with van der Waals surface area (Å²) in [5, 5.41) is 0. The number of benzene rings is 1. The summed E-state index contributed by atoms with van der Waals surface area (Å²) in [5.41, 5.74) is 10.5. The predicted molar refractivity (Wildman–Crippen MR) is 84.5 cm³/mol. The second kappa shape index (κ2) is 6.53. The molecule has 0 aromatic heterocycles. The molecule has 0 fully saturated rings. The minimum Gasteiger partial charge on any atom is -0.322 e. The molecule has 0 amide bonds. The molecule has 2 N–H and O–H groups in total. The first-order chi connectivity index (χ1) is 8.90. The standard InChI is InChI=1S/C17H30N2/c1-7-17(6,19(8-2)9-3)16(18)15-11-10-13(4)14(5)12-15/h10-12,16H,7-9,18H2,1-6H3. The molecule has 1 aromatic rings. The van der Waals surface area contributed by atoms with E-state index in [0.717, 1.165) is 19.5 Å². The Kier molecular flexibility index (Phi) is 5.57. The minimum atomic E-state index is 0.0190. The van der Waals surface area contributed by atoms with E-state index in [-0.39, 0.29) is 11.6 Å². The van der Waals surface area contributed by atoms with Crippen molar-refractivity contribution in [3.8, 4) is 0 Å². The second-order valence-electron chi connectivity index (χ2n) is 5.70. The van der Waals surface area contributed by atoms with Crippen LogP contribution in [0.1, 0.15) is 56.8 Å². The van der Waals surface area contributed by atoms with E-state index in [2.05, 4.69) is 64.6 Å². The molecule has 2 unspecified atom stereocenters. The van der Waals surface area contributed by atoms with Gasteiger partial charge in [-0.05, 0) is 57.0 Å². The second-order valence-corrected chi connectivity index (χ2v) is 5.70. The van der Waals surface area contributed by atoms with Gasteiger partial charge in [0.15, 0.2) is 0 Å². The van der Waals surface area contributed by atoms with Crippen LogP contribution in [-0.2, 0) is 0 Å². The summed E-state index contributed by atoms with van der Waals surface area (Å²) in [4.78, 5) is 2.48. The Balaban J connectivity index is 3.13. The minimum absolute atomic E-state index is 0.0190. The Morgan fingerprint density at radius 3 is 2.11 bits per heavy atom. The number of hydrogen-bond acceptors (Lipinski definition) is 2. The van der Waals surface area contributed by atoms with Gasteiger partial charge in [-0.1, -0.05) is 39.0 Å². The fourth-order valence-electron chi connectivity index (χ4n) is 2.90. The molecule has 2 heteroatoms. The van der Waals surface area contributed by atoms with Crippen LogP contribution in [0.25, 0.3) is 0 Å². The van der Waals surface area contributed by atoms with Gasteiger partial charge in [0.25, 0.3) is 0 Å².